The number of likely N-dealkylation sites (tertiary alicyclic amines) is 1. The highest BCUT2D eigenvalue weighted by Gasteiger charge is 2.30. The average molecular weight is 365 g/mol. The van der Waals surface area contributed by atoms with E-state index in [1.165, 1.54) is 0 Å². The third kappa shape index (κ3) is 3.12. The van der Waals surface area contributed by atoms with E-state index in [4.69, 9.17) is 9.47 Å². The maximum Gasteiger partial charge on any atom is 0.255 e. The summed E-state index contributed by atoms with van der Waals surface area (Å²) in [6.07, 6.45) is 4.69. The minimum Gasteiger partial charge on any atom is -0.493 e. The monoisotopic (exact) mass is 365 g/mol. The van der Waals surface area contributed by atoms with Gasteiger partial charge in [-0.2, -0.15) is 0 Å². The van der Waals surface area contributed by atoms with Crippen LogP contribution in [0.4, 0.5) is 0 Å². The molecule has 6 heteroatoms. The van der Waals surface area contributed by atoms with Crippen molar-refractivity contribution in [1.82, 2.24) is 14.3 Å². The number of hydrogen-bond acceptors (Lipinski definition) is 4. The van der Waals surface area contributed by atoms with Crippen molar-refractivity contribution in [2.75, 3.05) is 27.3 Å². The number of ether oxygens (including phenoxy) is 2. The van der Waals surface area contributed by atoms with Crippen molar-refractivity contribution < 1.29 is 14.3 Å². The van der Waals surface area contributed by atoms with Crippen LogP contribution in [0.25, 0.3) is 5.65 Å². The third-order valence-corrected chi connectivity index (χ3v) is 5.17. The predicted octanol–water partition coefficient (Wildman–Crippen LogP) is 3.29. The summed E-state index contributed by atoms with van der Waals surface area (Å²) in [6, 6.07) is 9.65. The average Bonchev–Trinajstić information content (AvgIpc) is 3.31. The Morgan fingerprint density at radius 3 is 2.78 bits per heavy atom. The van der Waals surface area contributed by atoms with Gasteiger partial charge < -0.3 is 18.8 Å². The molecular weight excluding hydrogens is 342 g/mol. The van der Waals surface area contributed by atoms with E-state index in [-0.39, 0.29) is 11.8 Å². The number of aromatic nitrogens is 2. The summed E-state index contributed by atoms with van der Waals surface area (Å²) in [4.78, 5) is 19.3. The highest BCUT2D eigenvalue weighted by molar-refractivity contribution is 5.94. The van der Waals surface area contributed by atoms with Gasteiger partial charge in [0.2, 0.25) is 0 Å². The molecule has 3 aromatic rings. The molecule has 6 nitrogen and oxygen atoms in total. The molecule has 0 unspecified atom stereocenters. The van der Waals surface area contributed by atoms with E-state index in [2.05, 4.69) is 11.1 Å². The van der Waals surface area contributed by atoms with Crippen molar-refractivity contribution in [3.8, 4) is 11.5 Å². The lowest BCUT2D eigenvalue weighted by Gasteiger charge is -2.19. The number of para-hydroxylation sites is 1. The zero-order chi connectivity index (χ0) is 19.0. The van der Waals surface area contributed by atoms with Gasteiger partial charge in [-0.05, 0) is 31.5 Å². The van der Waals surface area contributed by atoms with Gasteiger partial charge in [-0.25, -0.2) is 4.98 Å². The lowest BCUT2D eigenvalue weighted by Crippen LogP contribution is -2.28. The number of carbonyl (C=O) groups excluding carboxylic acids is 1. The number of imidazole rings is 1. The molecular formula is C21H23N3O3. The molecule has 2 aromatic heterocycles. The number of hydrogen-bond donors (Lipinski definition) is 0. The van der Waals surface area contributed by atoms with Crippen LogP contribution < -0.4 is 9.47 Å². The summed E-state index contributed by atoms with van der Waals surface area (Å²) in [5.74, 6) is 1.76. The molecule has 1 amide bonds. The second-order valence-electron chi connectivity index (χ2n) is 6.89. The summed E-state index contributed by atoms with van der Waals surface area (Å²) in [7, 11) is 3.29. The number of benzene rings is 1. The molecule has 1 aliphatic rings. The molecule has 0 radical (unpaired) electrons. The van der Waals surface area contributed by atoms with E-state index in [1.807, 2.05) is 52.9 Å². The number of methoxy groups -OCH3 is 2. The van der Waals surface area contributed by atoms with Crippen molar-refractivity contribution in [1.29, 1.82) is 0 Å². The molecule has 0 aliphatic carbocycles. The van der Waals surface area contributed by atoms with Crippen LogP contribution in [0.3, 0.4) is 0 Å². The minimum absolute atomic E-state index is 0.0487. The quantitative estimate of drug-likeness (QED) is 0.712. The Balaban J connectivity index is 1.56. The Labute approximate surface area is 158 Å². The number of fused-ring (bicyclic) bond motifs is 1. The Morgan fingerprint density at radius 1 is 1.15 bits per heavy atom. The summed E-state index contributed by atoms with van der Waals surface area (Å²) in [5.41, 5.74) is 3.56. The van der Waals surface area contributed by atoms with Crippen molar-refractivity contribution in [2.24, 2.45) is 0 Å². The van der Waals surface area contributed by atoms with Gasteiger partial charge in [0, 0.05) is 37.0 Å². The molecule has 1 fully saturated rings. The second-order valence-corrected chi connectivity index (χ2v) is 6.89. The molecule has 0 bridgehead atoms. The first kappa shape index (κ1) is 17.4. The smallest absolute Gasteiger partial charge is 0.255 e. The van der Waals surface area contributed by atoms with Gasteiger partial charge in [0.05, 0.1) is 25.5 Å². The zero-order valence-electron chi connectivity index (χ0n) is 15.8. The number of nitrogens with zero attached hydrogens (tertiary/aromatic N) is 3. The lowest BCUT2D eigenvalue weighted by molar-refractivity contribution is 0.0790. The van der Waals surface area contributed by atoms with E-state index in [0.29, 0.717) is 12.1 Å². The van der Waals surface area contributed by atoms with Gasteiger partial charge in [-0.3, -0.25) is 4.79 Å². The normalized spacial score (nSPS) is 16.7. The van der Waals surface area contributed by atoms with Crippen molar-refractivity contribution in [3.05, 3.63) is 59.5 Å². The molecule has 0 spiro atoms. The Hall–Kier alpha value is -3.02. The van der Waals surface area contributed by atoms with Crippen LogP contribution in [0.1, 0.15) is 34.0 Å². The summed E-state index contributed by atoms with van der Waals surface area (Å²) in [5, 5.41) is 0. The number of pyridine rings is 1. The van der Waals surface area contributed by atoms with Crippen LogP contribution in [-0.2, 0) is 0 Å². The van der Waals surface area contributed by atoms with Gasteiger partial charge in [0.1, 0.15) is 5.65 Å². The van der Waals surface area contributed by atoms with Gasteiger partial charge >= 0.3 is 0 Å². The molecule has 3 heterocycles. The first-order valence-electron chi connectivity index (χ1n) is 9.06. The largest absolute Gasteiger partial charge is 0.493 e. The number of aryl methyl sites for hydroxylation is 1. The van der Waals surface area contributed by atoms with Crippen LogP contribution >= 0.6 is 0 Å². The summed E-state index contributed by atoms with van der Waals surface area (Å²) in [6.45, 7) is 3.34. The fourth-order valence-electron chi connectivity index (χ4n) is 3.86. The Morgan fingerprint density at radius 2 is 2.00 bits per heavy atom. The molecule has 1 saturated heterocycles. The third-order valence-electron chi connectivity index (χ3n) is 5.17. The molecule has 140 valence electrons. The highest BCUT2D eigenvalue weighted by atomic mass is 16.5. The van der Waals surface area contributed by atoms with Crippen LogP contribution in [0.15, 0.2) is 42.7 Å². The van der Waals surface area contributed by atoms with Crippen molar-refractivity contribution in [3.63, 3.8) is 0 Å². The summed E-state index contributed by atoms with van der Waals surface area (Å²) < 4.78 is 12.9. The molecule has 4 rings (SSSR count). The topological polar surface area (TPSA) is 56.1 Å². The van der Waals surface area contributed by atoms with Gasteiger partial charge in [-0.1, -0.05) is 12.1 Å². The van der Waals surface area contributed by atoms with Gasteiger partial charge in [-0.15, -0.1) is 0 Å². The fraction of sp³-hybridized carbons (Fsp3) is 0.333. The number of amides is 1. The minimum atomic E-state index is 0.0487. The van der Waals surface area contributed by atoms with Crippen LogP contribution in [0, 0.1) is 6.92 Å². The molecule has 1 atom stereocenters. The van der Waals surface area contributed by atoms with Crippen molar-refractivity contribution in [2.45, 2.75) is 19.3 Å². The van der Waals surface area contributed by atoms with E-state index >= 15 is 0 Å². The van der Waals surface area contributed by atoms with Crippen LogP contribution in [-0.4, -0.2) is 47.5 Å². The molecule has 1 aromatic carbocycles. The second kappa shape index (κ2) is 6.95. The van der Waals surface area contributed by atoms with Gasteiger partial charge in [0.25, 0.3) is 5.91 Å². The Kier molecular flexibility index (Phi) is 4.48. The van der Waals surface area contributed by atoms with E-state index in [9.17, 15) is 4.79 Å². The molecule has 27 heavy (non-hydrogen) atoms. The van der Waals surface area contributed by atoms with E-state index in [1.54, 1.807) is 14.2 Å². The first-order valence-corrected chi connectivity index (χ1v) is 9.06. The SMILES string of the molecule is COc1cccc([C@H]2CCN(C(=O)c3ccc4nc(C)cn4c3)C2)c1OC. The van der Waals surface area contributed by atoms with Crippen LogP contribution in [0.2, 0.25) is 0 Å². The zero-order valence-corrected chi connectivity index (χ0v) is 15.8. The fourth-order valence-corrected chi connectivity index (χ4v) is 3.86. The van der Waals surface area contributed by atoms with Gasteiger partial charge in [0.15, 0.2) is 11.5 Å². The molecule has 0 saturated carbocycles. The molecule has 1 aliphatic heterocycles. The lowest BCUT2D eigenvalue weighted by atomic mass is 9.97. The number of rotatable bonds is 4. The van der Waals surface area contributed by atoms with E-state index in [0.717, 1.165) is 41.4 Å². The number of carbonyl (C=O) groups is 1. The Bertz CT molecular complexity index is 996. The predicted molar refractivity (Wildman–Crippen MR) is 103 cm³/mol. The summed E-state index contributed by atoms with van der Waals surface area (Å²) >= 11 is 0. The highest BCUT2D eigenvalue weighted by Crippen LogP contribution is 2.39. The standard InChI is InChI=1S/C21H23N3O3/c1-14-11-24-13-16(7-8-19(24)22-14)21(25)23-10-9-15(12-23)17-5-4-6-18(26-2)20(17)27-3/h4-8,11,13,15H,9-10,12H2,1-3H3/t15-/m0/s1. The van der Waals surface area contributed by atoms with Crippen molar-refractivity contribution >= 4 is 11.6 Å². The first-order chi connectivity index (χ1) is 13.1. The molecule has 0 N–H and O–H groups in total. The van der Waals surface area contributed by atoms with E-state index < -0.39 is 0 Å². The van der Waals surface area contributed by atoms with Crippen LogP contribution in [0.5, 0.6) is 11.5 Å². The maximum atomic E-state index is 13.0. The maximum absolute atomic E-state index is 13.0.